The predicted octanol–water partition coefficient (Wildman–Crippen LogP) is 2.15. The lowest BCUT2D eigenvalue weighted by atomic mass is 9.98. The highest BCUT2D eigenvalue weighted by molar-refractivity contribution is 5.77. The van der Waals surface area contributed by atoms with Crippen LogP contribution in [0.15, 0.2) is 0 Å². The Morgan fingerprint density at radius 1 is 1.40 bits per heavy atom. The Kier molecular flexibility index (Phi) is 5.88. The molecular weight excluding hydrogens is 188 g/mol. The molecule has 0 fully saturated rings. The molecule has 0 saturated heterocycles. The molecule has 3 nitrogen and oxygen atoms in total. The van der Waals surface area contributed by atoms with Gasteiger partial charge < -0.3 is 10.6 Å². The minimum Gasteiger partial charge on any atom is -0.341 e. The van der Waals surface area contributed by atoms with Crippen LogP contribution in [0.2, 0.25) is 0 Å². The Bertz CT molecular complexity index is 202. The van der Waals surface area contributed by atoms with Gasteiger partial charge in [-0.05, 0) is 26.7 Å². The van der Waals surface area contributed by atoms with E-state index in [0.717, 1.165) is 19.3 Å². The van der Waals surface area contributed by atoms with Crippen LogP contribution in [0.1, 0.15) is 53.4 Å². The third kappa shape index (κ3) is 4.65. The van der Waals surface area contributed by atoms with Crippen molar-refractivity contribution in [1.82, 2.24) is 4.90 Å². The first kappa shape index (κ1) is 14.4. The molecule has 3 heteroatoms. The molecule has 0 aliphatic heterocycles. The van der Waals surface area contributed by atoms with Gasteiger partial charge in [0, 0.05) is 25.0 Å². The van der Waals surface area contributed by atoms with E-state index in [1.165, 1.54) is 0 Å². The van der Waals surface area contributed by atoms with E-state index in [4.69, 9.17) is 5.73 Å². The summed E-state index contributed by atoms with van der Waals surface area (Å²) < 4.78 is 0. The van der Waals surface area contributed by atoms with Crippen molar-refractivity contribution in [1.29, 1.82) is 0 Å². The highest BCUT2D eigenvalue weighted by Gasteiger charge is 2.26. The number of amides is 1. The van der Waals surface area contributed by atoms with Crippen LogP contribution in [0.5, 0.6) is 0 Å². The monoisotopic (exact) mass is 214 g/mol. The minimum atomic E-state index is -0.0665. The van der Waals surface area contributed by atoms with E-state index in [1.807, 2.05) is 11.9 Å². The Labute approximate surface area is 94.0 Å². The highest BCUT2D eigenvalue weighted by Crippen LogP contribution is 2.17. The molecule has 0 saturated carbocycles. The molecule has 15 heavy (non-hydrogen) atoms. The number of nitrogens with two attached hydrogens (primary N) is 1. The lowest BCUT2D eigenvalue weighted by molar-refractivity contribution is -0.135. The molecule has 1 atom stereocenters. The van der Waals surface area contributed by atoms with E-state index in [2.05, 4.69) is 27.7 Å². The minimum absolute atomic E-state index is 0.0117. The maximum Gasteiger partial charge on any atom is 0.224 e. The molecule has 1 unspecified atom stereocenters. The van der Waals surface area contributed by atoms with Crippen LogP contribution >= 0.6 is 0 Å². The van der Waals surface area contributed by atoms with Gasteiger partial charge in [-0.3, -0.25) is 4.79 Å². The average Bonchev–Trinajstić information content (AvgIpc) is 2.16. The molecule has 0 heterocycles. The molecule has 90 valence electrons. The van der Waals surface area contributed by atoms with Gasteiger partial charge in [0.1, 0.15) is 0 Å². The van der Waals surface area contributed by atoms with Crippen LogP contribution in [-0.4, -0.2) is 29.4 Å². The van der Waals surface area contributed by atoms with Crippen molar-refractivity contribution in [2.45, 2.75) is 65.0 Å². The fourth-order valence-corrected chi connectivity index (χ4v) is 1.41. The molecule has 0 aromatic rings. The second-order valence-corrected chi connectivity index (χ2v) is 4.87. The molecule has 0 bridgehead atoms. The van der Waals surface area contributed by atoms with Crippen molar-refractivity contribution in [2.24, 2.45) is 5.73 Å². The Morgan fingerprint density at radius 2 is 1.93 bits per heavy atom. The normalized spacial score (nSPS) is 13.7. The Hall–Kier alpha value is -0.570. The number of hydrogen-bond acceptors (Lipinski definition) is 2. The summed E-state index contributed by atoms with van der Waals surface area (Å²) in [6.45, 7) is 8.34. The summed E-state index contributed by atoms with van der Waals surface area (Å²) in [6.07, 6.45) is 3.38. The summed E-state index contributed by atoms with van der Waals surface area (Å²) in [5.74, 6) is 0.155. The summed E-state index contributed by atoms with van der Waals surface area (Å²) in [5.41, 5.74) is 5.79. The second-order valence-electron chi connectivity index (χ2n) is 4.87. The van der Waals surface area contributed by atoms with Gasteiger partial charge in [-0.15, -0.1) is 0 Å². The Morgan fingerprint density at radius 3 is 2.33 bits per heavy atom. The van der Waals surface area contributed by atoms with E-state index >= 15 is 0 Å². The van der Waals surface area contributed by atoms with Crippen molar-refractivity contribution < 1.29 is 4.79 Å². The zero-order valence-corrected chi connectivity index (χ0v) is 10.8. The first-order chi connectivity index (χ1) is 6.85. The molecule has 0 radical (unpaired) electrons. The Balaban J connectivity index is 4.21. The van der Waals surface area contributed by atoms with Gasteiger partial charge >= 0.3 is 0 Å². The number of carbonyl (C=O) groups is 1. The predicted molar refractivity (Wildman–Crippen MR) is 64.6 cm³/mol. The summed E-state index contributed by atoms with van der Waals surface area (Å²) in [6, 6.07) is 0.0117. The number of carbonyl (C=O) groups excluding carboxylic acids is 1. The number of nitrogens with zero attached hydrogens (tertiary/aromatic N) is 1. The SMILES string of the molecule is CCCC(N)CC(=O)N(C)C(C)(C)CC. The molecule has 0 rings (SSSR count). The molecule has 1 amide bonds. The van der Waals surface area contributed by atoms with Crippen molar-refractivity contribution in [2.75, 3.05) is 7.05 Å². The quantitative estimate of drug-likeness (QED) is 0.736. The van der Waals surface area contributed by atoms with E-state index < -0.39 is 0 Å². The van der Waals surface area contributed by atoms with E-state index in [9.17, 15) is 4.79 Å². The maximum atomic E-state index is 11.9. The number of rotatable bonds is 6. The molecule has 0 spiro atoms. The fraction of sp³-hybridized carbons (Fsp3) is 0.917. The van der Waals surface area contributed by atoms with Gasteiger partial charge in [-0.25, -0.2) is 0 Å². The molecule has 0 aromatic carbocycles. The topological polar surface area (TPSA) is 46.3 Å². The van der Waals surface area contributed by atoms with Crippen molar-refractivity contribution in [3.8, 4) is 0 Å². The average molecular weight is 214 g/mol. The third-order valence-corrected chi connectivity index (χ3v) is 3.24. The van der Waals surface area contributed by atoms with E-state index in [0.29, 0.717) is 6.42 Å². The van der Waals surface area contributed by atoms with E-state index in [-0.39, 0.29) is 17.5 Å². The van der Waals surface area contributed by atoms with Crippen LogP contribution in [0.25, 0.3) is 0 Å². The molecule has 0 aliphatic carbocycles. The zero-order chi connectivity index (χ0) is 12.1. The molecule has 0 aromatic heterocycles. The zero-order valence-electron chi connectivity index (χ0n) is 10.8. The van der Waals surface area contributed by atoms with Crippen LogP contribution in [0.3, 0.4) is 0 Å². The van der Waals surface area contributed by atoms with Gasteiger partial charge in [-0.2, -0.15) is 0 Å². The molecular formula is C12H26N2O. The van der Waals surface area contributed by atoms with Gasteiger partial charge in [0.15, 0.2) is 0 Å². The van der Waals surface area contributed by atoms with E-state index in [1.54, 1.807) is 0 Å². The smallest absolute Gasteiger partial charge is 0.224 e. The lowest BCUT2D eigenvalue weighted by Gasteiger charge is -2.35. The van der Waals surface area contributed by atoms with Crippen molar-refractivity contribution in [3.63, 3.8) is 0 Å². The lowest BCUT2D eigenvalue weighted by Crippen LogP contribution is -2.46. The summed E-state index contributed by atoms with van der Waals surface area (Å²) in [7, 11) is 1.87. The van der Waals surface area contributed by atoms with Crippen LogP contribution in [0, 0.1) is 0 Å². The van der Waals surface area contributed by atoms with Crippen molar-refractivity contribution >= 4 is 5.91 Å². The molecule has 0 aliphatic rings. The van der Waals surface area contributed by atoms with Crippen LogP contribution < -0.4 is 5.73 Å². The second kappa shape index (κ2) is 6.11. The van der Waals surface area contributed by atoms with Crippen LogP contribution in [0.4, 0.5) is 0 Å². The maximum absolute atomic E-state index is 11.9. The largest absolute Gasteiger partial charge is 0.341 e. The van der Waals surface area contributed by atoms with Gasteiger partial charge in [0.25, 0.3) is 0 Å². The molecule has 2 N–H and O–H groups in total. The van der Waals surface area contributed by atoms with Gasteiger partial charge in [0.2, 0.25) is 5.91 Å². The third-order valence-electron chi connectivity index (χ3n) is 3.24. The van der Waals surface area contributed by atoms with Gasteiger partial charge in [0.05, 0.1) is 0 Å². The highest BCUT2D eigenvalue weighted by atomic mass is 16.2. The standard InChI is InChI=1S/C12H26N2O/c1-6-8-10(13)9-11(15)14(5)12(3,4)7-2/h10H,6-9,13H2,1-5H3. The van der Waals surface area contributed by atoms with Crippen LogP contribution in [-0.2, 0) is 4.79 Å². The van der Waals surface area contributed by atoms with Gasteiger partial charge in [-0.1, -0.05) is 20.3 Å². The first-order valence-electron chi connectivity index (χ1n) is 5.87. The summed E-state index contributed by atoms with van der Waals surface area (Å²) >= 11 is 0. The van der Waals surface area contributed by atoms with Crippen molar-refractivity contribution in [3.05, 3.63) is 0 Å². The number of hydrogen-bond donors (Lipinski definition) is 1. The first-order valence-corrected chi connectivity index (χ1v) is 5.87. The summed E-state index contributed by atoms with van der Waals surface area (Å²) in [4.78, 5) is 13.7. The fourth-order valence-electron chi connectivity index (χ4n) is 1.41. The summed E-state index contributed by atoms with van der Waals surface area (Å²) in [5, 5.41) is 0.